The van der Waals surface area contributed by atoms with E-state index in [0.29, 0.717) is 17.5 Å². The van der Waals surface area contributed by atoms with Crippen LogP contribution in [-0.4, -0.2) is 9.97 Å². The Morgan fingerprint density at radius 2 is 1.75 bits per heavy atom. The molecule has 1 aliphatic carbocycles. The molecule has 0 bridgehead atoms. The highest BCUT2D eigenvalue weighted by Crippen LogP contribution is 2.45. The van der Waals surface area contributed by atoms with E-state index in [-0.39, 0.29) is 0 Å². The molecule has 3 heteroatoms. The maximum atomic E-state index is 6.34. The number of nitrogens with zero attached hydrogens (tertiary/aromatic N) is 2. The van der Waals surface area contributed by atoms with E-state index in [4.69, 9.17) is 9.40 Å². The van der Waals surface area contributed by atoms with Gasteiger partial charge in [0.2, 0.25) is 5.71 Å². The summed E-state index contributed by atoms with van der Waals surface area (Å²) in [4.78, 5) is 9.66. The number of hydrogen-bond donors (Lipinski definition) is 0. The van der Waals surface area contributed by atoms with Gasteiger partial charge in [-0.15, -0.1) is 0 Å². The molecule has 6 rings (SSSR count). The number of aryl methyl sites for hydroxylation is 2. The van der Waals surface area contributed by atoms with Crippen molar-refractivity contribution in [2.75, 3.05) is 0 Å². The second-order valence-corrected chi connectivity index (χ2v) is 9.91. The smallest absolute Gasteiger partial charge is 0.227 e. The third-order valence-electron chi connectivity index (χ3n) is 6.62. The van der Waals surface area contributed by atoms with Crippen molar-refractivity contribution >= 4 is 32.8 Å². The highest BCUT2D eigenvalue weighted by atomic mass is 16.3. The summed E-state index contributed by atoms with van der Waals surface area (Å²) in [6, 6.07) is 15.5. The fraction of sp³-hybridized carbons (Fsp3) is 0.310. The minimum Gasteiger partial charge on any atom is -0.437 e. The Bertz CT molecular complexity index is 1510. The van der Waals surface area contributed by atoms with Gasteiger partial charge >= 0.3 is 0 Å². The van der Waals surface area contributed by atoms with E-state index in [1.165, 1.54) is 40.3 Å². The Morgan fingerprint density at radius 1 is 0.938 bits per heavy atom. The minimum atomic E-state index is 0.640. The molecule has 0 amide bonds. The van der Waals surface area contributed by atoms with Gasteiger partial charge in [0.15, 0.2) is 0 Å². The topological polar surface area (TPSA) is 38.9 Å². The Kier molecular flexibility index (Phi) is 4.36. The molecule has 1 saturated carbocycles. The van der Waals surface area contributed by atoms with Crippen molar-refractivity contribution < 1.29 is 4.42 Å². The molecule has 32 heavy (non-hydrogen) atoms. The summed E-state index contributed by atoms with van der Waals surface area (Å²) < 4.78 is 6.34. The van der Waals surface area contributed by atoms with Crippen LogP contribution in [0.1, 0.15) is 55.0 Å². The van der Waals surface area contributed by atoms with Crippen LogP contribution in [0.25, 0.3) is 44.1 Å². The lowest BCUT2D eigenvalue weighted by molar-refractivity contribution is 0.648. The van der Waals surface area contributed by atoms with Crippen molar-refractivity contribution in [3.05, 3.63) is 71.0 Å². The predicted molar refractivity (Wildman–Crippen MR) is 132 cm³/mol. The van der Waals surface area contributed by atoms with E-state index in [9.17, 15) is 0 Å². The van der Waals surface area contributed by atoms with Crippen molar-refractivity contribution in [3.63, 3.8) is 0 Å². The van der Waals surface area contributed by atoms with Crippen LogP contribution >= 0.6 is 0 Å². The van der Waals surface area contributed by atoms with Gasteiger partial charge in [-0.2, -0.15) is 0 Å². The average molecular weight is 421 g/mol. The maximum absolute atomic E-state index is 6.34. The SMILES string of the molecule is Cc1cc(-c2ncc(C3CC3)c3cc(CC(C)C)ccc23)c2oc3nc(C)ccc3c2c1. The predicted octanol–water partition coefficient (Wildman–Crippen LogP) is 7.89. The van der Waals surface area contributed by atoms with Crippen LogP contribution in [0.3, 0.4) is 0 Å². The molecule has 3 heterocycles. The van der Waals surface area contributed by atoms with E-state index < -0.39 is 0 Å². The fourth-order valence-corrected chi connectivity index (χ4v) is 5.01. The van der Waals surface area contributed by atoms with Crippen LogP contribution in [0.4, 0.5) is 0 Å². The van der Waals surface area contributed by atoms with E-state index in [0.717, 1.165) is 39.7 Å². The summed E-state index contributed by atoms with van der Waals surface area (Å²) >= 11 is 0. The summed E-state index contributed by atoms with van der Waals surface area (Å²) in [7, 11) is 0. The van der Waals surface area contributed by atoms with E-state index in [1.54, 1.807) is 0 Å². The zero-order chi connectivity index (χ0) is 22.0. The monoisotopic (exact) mass is 420 g/mol. The Labute approximate surface area is 188 Å². The van der Waals surface area contributed by atoms with Crippen molar-refractivity contribution in [1.29, 1.82) is 0 Å². The molecule has 0 saturated heterocycles. The van der Waals surface area contributed by atoms with Gasteiger partial charge in [-0.1, -0.05) is 32.0 Å². The number of furan rings is 1. The lowest BCUT2D eigenvalue weighted by atomic mass is 9.93. The number of pyridine rings is 2. The molecule has 0 aliphatic heterocycles. The highest BCUT2D eigenvalue weighted by molar-refractivity contribution is 6.11. The van der Waals surface area contributed by atoms with Crippen LogP contribution in [0, 0.1) is 19.8 Å². The van der Waals surface area contributed by atoms with Crippen LogP contribution in [0.5, 0.6) is 0 Å². The van der Waals surface area contributed by atoms with Gasteiger partial charge in [-0.3, -0.25) is 4.98 Å². The zero-order valence-electron chi connectivity index (χ0n) is 19.2. The van der Waals surface area contributed by atoms with Gasteiger partial charge in [0.1, 0.15) is 5.58 Å². The summed E-state index contributed by atoms with van der Waals surface area (Å²) in [5.41, 5.74) is 8.61. The largest absolute Gasteiger partial charge is 0.437 e. The first kappa shape index (κ1) is 19.5. The van der Waals surface area contributed by atoms with Gasteiger partial charge < -0.3 is 4.42 Å². The lowest BCUT2D eigenvalue weighted by Gasteiger charge is -2.14. The molecule has 1 fully saturated rings. The third kappa shape index (κ3) is 3.19. The number of hydrogen-bond acceptors (Lipinski definition) is 3. The molecule has 3 aromatic heterocycles. The quantitative estimate of drug-likeness (QED) is 0.297. The van der Waals surface area contributed by atoms with Crippen LogP contribution in [0.15, 0.2) is 53.1 Å². The fourth-order valence-electron chi connectivity index (χ4n) is 5.01. The summed E-state index contributed by atoms with van der Waals surface area (Å²) in [6.45, 7) is 8.71. The van der Waals surface area contributed by atoms with Gasteiger partial charge in [0.05, 0.1) is 5.69 Å². The molecule has 0 unspecified atom stereocenters. The Morgan fingerprint density at radius 3 is 2.53 bits per heavy atom. The number of benzene rings is 2. The summed E-state index contributed by atoms with van der Waals surface area (Å²) in [6.07, 6.45) is 5.76. The first-order valence-electron chi connectivity index (χ1n) is 11.7. The third-order valence-corrected chi connectivity index (χ3v) is 6.62. The number of fused-ring (bicyclic) bond motifs is 4. The molecular weight excluding hydrogens is 392 g/mol. The Balaban J connectivity index is 1.64. The summed E-state index contributed by atoms with van der Waals surface area (Å²) in [5, 5.41) is 4.75. The van der Waals surface area contributed by atoms with Gasteiger partial charge in [-0.05, 0) is 91.3 Å². The second kappa shape index (κ2) is 7.16. The van der Waals surface area contributed by atoms with Crippen molar-refractivity contribution in [1.82, 2.24) is 9.97 Å². The summed E-state index contributed by atoms with van der Waals surface area (Å²) in [5.74, 6) is 1.30. The molecule has 0 N–H and O–H groups in total. The van der Waals surface area contributed by atoms with E-state index in [1.807, 2.05) is 13.0 Å². The average Bonchev–Trinajstić information content (AvgIpc) is 3.53. The van der Waals surface area contributed by atoms with Crippen LogP contribution in [0.2, 0.25) is 0 Å². The van der Waals surface area contributed by atoms with E-state index >= 15 is 0 Å². The molecule has 5 aromatic rings. The normalized spacial score (nSPS) is 14.3. The Hall–Kier alpha value is -3.20. The zero-order valence-corrected chi connectivity index (χ0v) is 19.2. The van der Waals surface area contributed by atoms with Crippen molar-refractivity contribution in [2.45, 2.75) is 52.9 Å². The highest BCUT2D eigenvalue weighted by Gasteiger charge is 2.27. The van der Waals surface area contributed by atoms with Crippen LogP contribution < -0.4 is 0 Å². The molecule has 2 aromatic carbocycles. The van der Waals surface area contributed by atoms with E-state index in [2.05, 4.69) is 68.4 Å². The number of rotatable bonds is 4. The van der Waals surface area contributed by atoms with Crippen molar-refractivity contribution in [3.8, 4) is 11.3 Å². The van der Waals surface area contributed by atoms with Gasteiger partial charge in [0, 0.05) is 33.6 Å². The first-order valence-corrected chi connectivity index (χ1v) is 11.7. The molecular formula is C29H28N2O. The van der Waals surface area contributed by atoms with Gasteiger partial charge in [0.25, 0.3) is 0 Å². The van der Waals surface area contributed by atoms with Gasteiger partial charge in [-0.25, -0.2) is 4.98 Å². The van der Waals surface area contributed by atoms with Crippen LogP contribution in [-0.2, 0) is 6.42 Å². The molecule has 160 valence electrons. The molecule has 3 nitrogen and oxygen atoms in total. The molecule has 0 atom stereocenters. The second-order valence-electron chi connectivity index (χ2n) is 9.91. The van der Waals surface area contributed by atoms with Crippen molar-refractivity contribution in [2.24, 2.45) is 5.92 Å². The standard InChI is InChI=1S/C29H28N2O/c1-16(2)11-19-6-10-21-23(14-19)26(20-7-8-20)15-30-27(21)25-13-17(3)12-24-22-9-5-18(4)31-29(22)32-28(24)25/h5-6,9-10,12-16,20H,7-8,11H2,1-4H3. The molecule has 1 aliphatic rings. The first-order chi connectivity index (χ1) is 15.5. The molecule has 0 radical (unpaired) electrons. The molecule has 0 spiro atoms. The minimum absolute atomic E-state index is 0.640. The maximum Gasteiger partial charge on any atom is 0.227 e. The number of aromatic nitrogens is 2. The lowest BCUT2D eigenvalue weighted by Crippen LogP contribution is -1.97.